The van der Waals surface area contributed by atoms with Gasteiger partial charge in [0.25, 0.3) is 0 Å². The van der Waals surface area contributed by atoms with Crippen molar-refractivity contribution < 1.29 is 18.3 Å². The first kappa shape index (κ1) is 13.6. The zero-order valence-corrected chi connectivity index (χ0v) is 10.2. The number of carboxylic acid groups (broad SMARTS) is 1. The molecule has 1 aromatic heterocycles. The monoisotopic (exact) mass is 258 g/mol. The number of sulfonamides is 1. The van der Waals surface area contributed by atoms with Crippen molar-refractivity contribution in [2.45, 2.75) is 19.9 Å². The van der Waals surface area contributed by atoms with Gasteiger partial charge in [-0.3, -0.25) is 9.78 Å². The number of nitrogens with one attached hydrogen (secondary N) is 1. The third-order valence-corrected chi connectivity index (χ3v) is 3.35. The Balaban J connectivity index is 2.70. The molecule has 0 bridgehead atoms. The van der Waals surface area contributed by atoms with E-state index in [1.807, 2.05) is 13.0 Å². The van der Waals surface area contributed by atoms with E-state index in [0.29, 0.717) is 5.69 Å². The van der Waals surface area contributed by atoms with Crippen LogP contribution in [0.25, 0.3) is 0 Å². The van der Waals surface area contributed by atoms with Crippen LogP contribution in [0, 0.1) is 0 Å². The standard InChI is InChI=1S/C10H14N2O4S/c1-2-8-4-3-5-11-9(8)6-12-17(15,16)7-10(13)14/h3-5,12H,2,6-7H2,1H3,(H,13,14). The molecule has 0 aromatic carbocycles. The molecule has 0 aliphatic carbocycles. The minimum absolute atomic E-state index is 0.0135. The molecule has 0 amide bonds. The Morgan fingerprint density at radius 3 is 2.82 bits per heavy atom. The lowest BCUT2D eigenvalue weighted by molar-refractivity contribution is -0.134. The Morgan fingerprint density at radius 2 is 2.24 bits per heavy atom. The molecule has 2 N–H and O–H groups in total. The van der Waals surface area contributed by atoms with Gasteiger partial charge < -0.3 is 5.11 Å². The Labute approximate surface area is 99.7 Å². The summed E-state index contributed by atoms with van der Waals surface area (Å²) in [5.74, 6) is -2.31. The highest BCUT2D eigenvalue weighted by Gasteiger charge is 2.15. The number of pyridine rings is 1. The Kier molecular flexibility index (Phi) is 4.59. The van der Waals surface area contributed by atoms with Gasteiger partial charge in [0.1, 0.15) is 0 Å². The third-order valence-electron chi connectivity index (χ3n) is 2.14. The maximum Gasteiger partial charge on any atom is 0.320 e. The van der Waals surface area contributed by atoms with Crippen LogP contribution in [-0.4, -0.2) is 30.2 Å². The molecule has 1 heterocycles. The van der Waals surface area contributed by atoms with Gasteiger partial charge in [-0.15, -0.1) is 0 Å². The molecular formula is C10H14N2O4S. The summed E-state index contributed by atoms with van der Waals surface area (Å²) >= 11 is 0. The van der Waals surface area contributed by atoms with E-state index in [9.17, 15) is 13.2 Å². The predicted molar refractivity (Wildman–Crippen MR) is 61.9 cm³/mol. The van der Waals surface area contributed by atoms with Crippen molar-refractivity contribution in [3.8, 4) is 0 Å². The summed E-state index contributed by atoms with van der Waals surface area (Å²) in [5.41, 5.74) is 1.55. The summed E-state index contributed by atoms with van der Waals surface area (Å²) in [5, 5.41) is 8.41. The highest BCUT2D eigenvalue weighted by atomic mass is 32.2. The van der Waals surface area contributed by atoms with E-state index in [2.05, 4.69) is 9.71 Å². The normalized spacial score (nSPS) is 11.4. The fraction of sp³-hybridized carbons (Fsp3) is 0.400. The van der Waals surface area contributed by atoms with Crippen LogP contribution in [0.2, 0.25) is 0 Å². The first-order valence-corrected chi connectivity index (χ1v) is 6.71. The van der Waals surface area contributed by atoms with Gasteiger partial charge in [-0.25, -0.2) is 13.1 Å². The fourth-order valence-electron chi connectivity index (χ4n) is 1.34. The number of hydrogen-bond acceptors (Lipinski definition) is 4. The molecular weight excluding hydrogens is 244 g/mol. The number of hydrogen-bond donors (Lipinski definition) is 2. The predicted octanol–water partition coefficient (Wildman–Crippen LogP) is 0.148. The van der Waals surface area contributed by atoms with Crippen LogP contribution in [0.15, 0.2) is 18.3 Å². The molecule has 0 spiro atoms. The average molecular weight is 258 g/mol. The van der Waals surface area contributed by atoms with Crippen molar-refractivity contribution in [2.75, 3.05) is 5.75 Å². The Bertz CT molecular complexity index is 499. The molecule has 0 aliphatic rings. The second kappa shape index (κ2) is 5.74. The maximum absolute atomic E-state index is 11.3. The molecule has 7 heteroatoms. The van der Waals surface area contributed by atoms with Crippen LogP contribution in [-0.2, 0) is 27.8 Å². The molecule has 0 unspecified atom stereocenters. The van der Waals surface area contributed by atoms with E-state index in [0.717, 1.165) is 12.0 Å². The summed E-state index contributed by atoms with van der Waals surface area (Å²) in [6.45, 7) is 1.95. The minimum atomic E-state index is -3.79. The van der Waals surface area contributed by atoms with Crippen LogP contribution in [0.4, 0.5) is 0 Å². The number of aliphatic carboxylic acids is 1. The maximum atomic E-state index is 11.3. The second-order valence-corrected chi connectivity index (χ2v) is 5.24. The van der Waals surface area contributed by atoms with Gasteiger partial charge >= 0.3 is 5.97 Å². The number of aromatic nitrogens is 1. The highest BCUT2D eigenvalue weighted by Crippen LogP contribution is 2.06. The van der Waals surface area contributed by atoms with E-state index in [1.165, 1.54) is 0 Å². The second-order valence-electron chi connectivity index (χ2n) is 3.44. The van der Waals surface area contributed by atoms with E-state index < -0.39 is 21.7 Å². The van der Waals surface area contributed by atoms with E-state index in [4.69, 9.17) is 5.11 Å². The summed E-state index contributed by atoms with van der Waals surface area (Å²) in [4.78, 5) is 14.4. The Morgan fingerprint density at radius 1 is 1.53 bits per heavy atom. The van der Waals surface area contributed by atoms with Gasteiger partial charge in [0.15, 0.2) is 5.75 Å². The summed E-state index contributed by atoms with van der Waals surface area (Å²) in [6.07, 6.45) is 2.31. The topological polar surface area (TPSA) is 96.4 Å². The molecule has 0 radical (unpaired) electrons. The van der Waals surface area contributed by atoms with Crippen LogP contribution < -0.4 is 4.72 Å². The number of nitrogens with zero attached hydrogens (tertiary/aromatic N) is 1. The number of carboxylic acids is 1. The first-order chi connectivity index (χ1) is 7.94. The lowest BCUT2D eigenvalue weighted by Gasteiger charge is -2.07. The van der Waals surface area contributed by atoms with Gasteiger partial charge in [-0.1, -0.05) is 13.0 Å². The van der Waals surface area contributed by atoms with Crippen molar-refractivity contribution in [1.82, 2.24) is 9.71 Å². The number of rotatable bonds is 6. The summed E-state index contributed by atoms with van der Waals surface area (Å²) < 4.78 is 24.8. The summed E-state index contributed by atoms with van der Waals surface area (Å²) in [6, 6.07) is 3.63. The highest BCUT2D eigenvalue weighted by molar-refractivity contribution is 7.90. The van der Waals surface area contributed by atoms with E-state index >= 15 is 0 Å². The summed E-state index contributed by atoms with van der Waals surface area (Å²) in [7, 11) is -3.79. The van der Waals surface area contributed by atoms with Gasteiger partial charge in [-0.05, 0) is 18.1 Å². The molecule has 17 heavy (non-hydrogen) atoms. The zero-order valence-electron chi connectivity index (χ0n) is 9.38. The van der Waals surface area contributed by atoms with Crippen LogP contribution >= 0.6 is 0 Å². The smallest absolute Gasteiger partial charge is 0.320 e. The van der Waals surface area contributed by atoms with Crippen molar-refractivity contribution in [3.63, 3.8) is 0 Å². The number of carbonyl (C=O) groups is 1. The third kappa shape index (κ3) is 4.49. The van der Waals surface area contributed by atoms with E-state index in [1.54, 1.807) is 12.3 Å². The van der Waals surface area contributed by atoms with Crippen molar-refractivity contribution in [1.29, 1.82) is 0 Å². The van der Waals surface area contributed by atoms with Crippen LogP contribution in [0.5, 0.6) is 0 Å². The van der Waals surface area contributed by atoms with Gasteiger partial charge in [0.05, 0.1) is 12.2 Å². The molecule has 0 fully saturated rings. The number of aryl methyl sites for hydroxylation is 1. The van der Waals surface area contributed by atoms with E-state index in [-0.39, 0.29) is 6.54 Å². The average Bonchev–Trinajstić information content (AvgIpc) is 2.25. The molecule has 0 atom stereocenters. The fourth-order valence-corrected chi connectivity index (χ4v) is 2.13. The van der Waals surface area contributed by atoms with Gasteiger partial charge in [0, 0.05) is 6.20 Å². The molecule has 0 saturated carbocycles. The molecule has 0 saturated heterocycles. The van der Waals surface area contributed by atoms with Gasteiger partial charge in [0.2, 0.25) is 10.0 Å². The minimum Gasteiger partial charge on any atom is -0.480 e. The first-order valence-electron chi connectivity index (χ1n) is 5.06. The molecule has 6 nitrogen and oxygen atoms in total. The lowest BCUT2D eigenvalue weighted by atomic mass is 10.1. The van der Waals surface area contributed by atoms with Crippen LogP contribution in [0.3, 0.4) is 0 Å². The van der Waals surface area contributed by atoms with Crippen molar-refractivity contribution >= 4 is 16.0 Å². The molecule has 94 valence electrons. The lowest BCUT2D eigenvalue weighted by Crippen LogP contribution is -2.30. The zero-order chi connectivity index (χ0) is 12.9. The Hall–Kier alpha value is -1.47. The molecule has 1 aromatic rings. The quantitative estimate of drug-likeness (QED) is 0.757. The van der Waals surface area contributed by atoms with Gasteiger partial charge in [-0.2, -0.15) is 0 Å². The van der Waals surface area contributed by atoms with Crippen LogP contribution in [0.1, 0.15) is 18.2 Å². The van der Waals surface area contributed by atoms with Crippen molar-refractivity contribution in [3.05, 3.63) is 29.6 Å². The SMILES string of the molecule is CCc1cccnc1CNS(=O)(=O)CC(=O)O. The largest absolute Gasteiger partial charge is 0.480 e. The van der Waals surface area contributed by atoms with Crippen molar-refractivity contribution in [2.24, 2.45) is 0 Å². The molecule has 1 rings (SSSR count). The molecule has 0 aliphatic heterocycles.